The van der Waals surface area contributed by atoms with E-state index in [1.54, 1.807) is 0 Å². The number of imidazole rings is 1. The minimum atomic E-state index is -0.167. The average Bonchev–Trinajstić information content (AvgIpc) is 2.87. The maximum absolute atomic E-state index is 11.2. The van der Waals surface area contributed by atoms with Gasteiger partial charge in [-0.3, -0.25) is 0 Å². The largest absolute Gasteiger partial charge is 0.385 e. The van der Waals surface area contributed by atoms with Gasteiger partial charge in [-0.2, -0.15) is 0 Å². The molecule has 1 heterocycles. The van der Waals surface area contributed by atoms with Crippen LogP contribution >= 0.6 is 0 Å². The van der Waals surface area contributed by atoms with Crippen LogP contribution in [0.1, 0.15) is 24.8 Å². The SMILES string of the molecule is CC(CCNc1ccc2[nH]c(=O)[nH]c2c1)c1ccccc1. The van der Waals surface area contributed by atoms with Crippen molar-refractivity contribution in [2.75, 3.05) is 11.9 Å². The van der Waals surface area contributed by atoms with Gasteiger partial charge in [-0.25, -0.2) is 4.79 Å². The molecule has 4 heteroatoms. The molecule has 0 saturated heterocycles. The standard InChI is InChI=1S/C17H19N3O/c1-12(13-5-3-2-4-6-13)9-10-18-14-7-8-15-16(11-14)20-17(21)19-15/h2-8,11-12,18H,9-10H2,1H3,(H2,19,20,21). The molecule has 0 saturated carbocycles. The summed E-state index contributed by atoms with van der Waals surface area (Å²) in [5.41, 5.74) is 3.90. The Morgan fingerprint density at radius 1 is 1.05 bits per heavy atom. The third-order valence-electron chi connectivity index (χ3n) is 3.79. The smallest absolute Gasteiger partial charge is 0.323 e. The third kappa shape index (κ3) is 3.16. The van der Waals surface area contributed by atoms with E-state index in [0.717, 1.165) is 29.7 Å². The fraction of sp³-hybridized carbons (Fsp3) is 0.235. The van der Waals surface area contributed by atoms with E-state index < -0.39 is 0 Å². The molecule has 3 rings (SSSR count). The van der Waals surface area contributed by atoms with Gasteiger partial charge in [-0.15, -0.1) is 0 Å². The average molecular weight is 281 g/mol. The first-order valence-corrected chi connectivity index (χ1v) is 7.23. The highest BCUT2D eigenvalue weighted by atomic mass is 16.1. The van der Waals surface area contributed by atoms with Crippen molar-refractivity contribution in [3.8, 4) is 0 Å². The highest BCUT2D eigenvalue weighted by Gasteiger charge is 2.05. The van der Waals surface area contributed by atoms with E-state index in [1.165, 1.54) is 5.56 Å². The minimum Gasteiger partial charge on any atom is -0.385 e. The Labute approximate surface area is 123 Å². The number of aromatic nitrogens is 2. The van der Waals surface area contributed by atoms with Crippen LogP contribution in [0, 0.1) is 0 Å². The zero-order valence-electron chi connectivity index (χ0n) is 12.0. The van der Waals surface area contributed by atoms with E-state index in [9.17, 15) is 4.79 Å². The first-order valence-electron chi connectivity index (χ1n) is 7.23. The molecule has 21 heavy (non-hydrogen) atoms. The van der Waals surface area contributed by atoms with Crippen molar-refractivity contribution in [2.24, 2.45) is 0 Å². The number of anilines is 1. The van der Waals surface area contributed by atoms with E-state index in [1.807, 2.05) is 24.3 Å². The highest BCUT2D eigenvalue weighted by Crippen LogP contribution is 2.19. The lowest BCUT2D eigenvalue weighted by Gasteiger charge is -2.13. The van der Waals surface area contributed by atoms with Gasteiger partial charge in [-0.1, -0.05) is 37.3 Å². The summed E-state index contributed by atoms with van der Waals surface area (Å²) in [5, 5.41) is 3.41. The van der Waals surface area contributed by atoms with Gasteiger partial charge in [0.25, 0.3) is 0 Å². The molecule has 0 fully saturated rings. The lowest BCUT2D eigenvalue weighted by atomic mass is 9.98. The van der Waals surface area contributed by atoms with E-state index in [0.29, 0.717) is 5.92 Å². The van der Waals surface area contributed by atoms with Crippen LogP contribution in [0.3, 0.4) is 0 Å². The Kier molecular flexibility index (Phi) is 3.77. The van der Waals surface area contributed by atoms with Crippen LogP contribution < -0.4 is 11.0 Å². The maximum atomic E-state index is 11.2. The molecule has 0 radical (unpaired) electrons. The molecule has 0 aliphatic rings. The molecule has 1 atom stereocenters. The summed E-state index contributed by atoms with van der Waals surface area (Å²) in [6.45, 7) is 3.14. The van der Waals surface area contributed by atoms with Crippen molar-refractivity contribution in [3.63, 3.8) is 0 Å². The fourth-order valence-electron chi connectivity index (χ4n) is 2.52. The predicted molar refractivity (Wildman–Crippen MR) is 86.9 cm³/mol. The molecule has 108 valence electrons. The van der Waals surface area contributed by atoms with Crippen molar-refractivity contribution in [1.82, 2.24) is 9.97 Å². The number of hydrogen-bond acceptors (Lipinski definition) is 2. The van der Waals surface area contributed by atoms with E-state index in [-0.39, 0.29) is 5.69 Å². The van der Waals surface area contributed by atoms with Gasteiger partial charge < -0.3 is 15.3 Å². The van der Waals surface area contributed by atoms with Crippen molar-refractivity contribution in [3.05, 3.63) is 64.6 Å². The number of rotatable bonds is 5. The van der Waals surface area contributed by atoms with Crippen molar-refractivity contribution in [2.45, 2.75) is 19.3 Å². The van der Waals surface area contributed by atoms with Crippen LogP contribution in [0.2, 0.25) is 0 Å². The Bertz CT molecular complexity index is 773. The molecule has 0 amide bonds. The Hall–Kier alpha value is -2.49. The Morgan fingerprint density at radius 2 is 1.81 bits per heavy atom. The molecule has 4 nitrogen and oxygen atoms in total. The molecule has 1 unspecified atom stereocenters. The summed E-state index contributed by atoms with van der Waals surface area (Å²) < 4.78 is 0. The summed E-state index contributed by atoms with van der Waals surface area (Å²) >= 11 is 0. The maximum Gasteiger partial charge on any atom is 0.323 e. The minimum absolute atomic E-state index is 0.167. The third-order valence-corrected chi connectivity index (χ3v) is 3.79. The van der Waals surface area contributed by atoms with Gasteiger partial charge in [0, 0.05) is 12.2 Å². The summed E-state index contributed by atoms with van der Waals surface area (Å²) in [4.78, 5) is 16.7. The van der Waals surface area contributed by atoms with E-state index in [2.05, 4.69) is 46.5 Å². The van der Waals surface area contributed by atoms with Gasteiger partial charge in [0.1, 0.15) is 0 Å². The lowest BCUT2D eigenvalue weighted by Crippen LogP contribution is -2.05. The van der Waals surface area contributed by atoms with E-state index in [4.69, 9.17) is 0 Å². The van der Waals surface area contributed by atoms with E-state index >= 15 is 0 Å². The lowest BCUT2D eigenvalue weighted by molar-refractivity contribution is 0.706. The van der Waals surface area contributed by atoms with Crippen LogP contribution in [-0.2, 0) is 0 Å². The second-order valence-corrected chi connectivity index (χ2v) is 5.37. The zero-order chi connectivity index (χ0) is 14.7. The number of benzene rings is 2. The summed E-state index contributed by atoms with van der Waals surface area (Å²) in [5.74, 6) is 0.523. The monoisotopic (exact) mass is 281 g/mol. The number of hydrogen-bond donors (Lipinski definition) is 3. The molecule has 0 spiro atoms. The fourth-order valence-corrected chi connectivity index (χ4v) is 2.52. The van der Waals surface area contributed by atoms with Crippen molar-refractivity contribution in [1.29, 1.82) is 0 Å². The Balaban J connectivity index is 1.60. The number of nitrogens with one attached hydrogen (secondary N) is 3. The molecule has 0 aliphatic carbocycles. The summed E-state index contributed by atoms with van der Waals surface area (Å²) in [6.07, 6.45) is 1.06. The second-order valence-electron chi connectivity index (χ2n) is 5.37. The quantitative estimate of drug-likeness (QED) is 0.670. The normalized spacial score (nSPS) is 12.4. The molecule has 3 aromatic rings. The molecule has 1 aromatic heterocycles. The van der Waals surface area contributed by atoms with Gasteiger partial charge in [-0.05, 0) is 36.1 Å². The molecule has 3 N–H and O–H groups in total. The predicted octanol–water partition coefficient (Wildman–Crippen LogP) is 3.46. The van der Waals surface area contributed by atoms with Crippen LogP contribution in [0.25, 0.3) is 11.0 Å². The highest BCUT2D eigenvalue weighted by molar-refractivity contribution is 5.78. The van der Waals surface area contributed by atoms with Crippen LogP contribution in [0.5, 0.6) is 0 Å². The van der Waals surface area contributed by atoms with Gasteiger partial charge in [0.15, 0.2) is 0 Å². The molecule has 0 bridgehead atoms. The number of aromatic amines is 2. The van der Waals surface area contributed by atoms with Crippen LogP contribution in [-0.4, -0.2) is 16.5 Å². The Morgan fingerprint density at radius 3 is 2.62 bits per heavy atom. The first-order chi connectivity index (χ1) is 10.2. The molecule has 2 aromatic carbocycles. The number of fused-ring (bicyclic) bond motifs is 1. The zero-order valence-corrected chi connectivity index (χ0v) is 12.0. The molecule has 0 aliphatic heterocycles. The molecular formula is C17H19N3O. The van der Waals surface area contributed by atoms with Crippen LogP contribution in [0.15, 0.2) is 53.3 Å². The summed E-state index contributed by atoms with van der Waals surface area (Å²) in [6, 6.07) is 16.4. The second kappa shape index (κ2) is 5.87. The van der Waals surface area contributed by atoms with Gasteiger partial charge in [0.2, 0.25) is 0 Å². The number of H-pyrrole nitrogens is 2. The van der Waals surface area contributed by atoms with Crippen molar-refractivity contribution >= 4 is 16.7 Å². The van der Waals surface area contributed by atoms with Crippen LogP contribution in [0.4, 0.5) is 5.69 Å². The van der Waals surface area contributed by atoms with Crippen molar-refractivity contribution < 1.29 is 0 Å². The topological polar surface area (TPSA) is 60.7 Å². The first kappa shape index (κ1) is 13.5. The van der Waals surface area contributed by atoms with Gasteiger partial charge in [0.05, 0.1) is 11.0 Å². The summed E-state index contributed by atoms with van der Waals surface area (Å²) in [7, 11) is 0. The molecular weight excluding hydrogens is 262 g/mol. The van der Waals surface area contributed by atoms with Gasteiger partial charge >= 0.3 is 5.69 Å².